The summed E-state index contributed by atoms with van der Waals surface area (Å²) in [6, 6.07) is 0. The van der Waals surface area contributed by atoms with Crippen molar-refractivity contribution in [3.05, 3.63) is 0 Å². The normalized spacial score (nSPS) is 12.4. The van der Waals surface area contributed by atoms with Crippen molar-refractivity contribution < 1.29 is 0 Å². The highest BCUT2D eigenvalue weighted by atomic mass is 15.4. The molecule has 0 saturated carbocycles. The highest BCUT2D eigenvalue weighted by Gasteiger charge is 2.11. The third kappa shape index (κ3) is 7.99. The van der Waals surface area contributed by atoms with E-state index >= 15 is 0 Å². The average molecular weight is 243 g/mol. The Labute approximate surface area is 106 Å². The smallest absolute Gasteiger partial charge is 0.208 e. The number of likely N-dealkylation sites (N-methyl/N-ethyl adjacent to an activating group) is 1. The van der Waals surface area contributed by atoms with E-state index in [-0.39, 0.29) is 0 Å². The van der Waals surface area contributed by atoms with Crippen LogP contribution in [-0.2, 0) is 0 Å². The Morgan fingerprint density at radius 2 is 1.94 bits per heavy atom. The summed E-state index contributed by atoms with van der Waals surface area (Å²) in [5, 5.41) is 0. The summed E-state index contributed by atoms with van der Waals surface area (Å²) in [6.07, 6.45) is 1.04. The fraction of sp³-hybridized carbons (Fsp3) is 0.917. The summed E-state index contributed by atoms with van der Waals surface area (Å²) in [5.74, 6) is 6.96. The number of nitrogens with two attached hydrogens (primary N) is 1. The Morgan fingerprint density at radius 3 is 2.35 bits per heavy atom. The van der Waals surface area contributed by atoms with Gasteiger partial charge < -0.3 is 9.80 Å². The van der Waals surface area contributed by atoms with Gasteiger partial charge in [0, 0.05) is 26.2 Å². The Hall–Kier alpha value is -0.810. The molecule has 0 aromatic rings. The van der Waals surface area contributed by atoms with Crippen LogP contribution in [0.15, 0.2) is 4.99 Å². The first-order chi connectivity index (χ1) is 8.01. The van der Waals surface area contributed by atoms with Gasteiger partial charge in [-0.25, -0.2) is 5.84 Å². The molecule has 102 valence electrons. The second kappa shape index (κ2) is 9.24. The van der Waals surface area contributed by atoms with Gasteiger partial charge in [-0.1, -0.05) is 20.8 Å². The van der Waals surface area contributed by atoms with Gasteiger partial charge >= 0.3 is 0 Å². The maximum atomic E-state index is 5.56. The fourth-order valence-corrected chi connectivity index (χ4v) is 1.50. The molecule has 0 saturated heterocycles. The second-order valence-corrected chi connectivity index (χ2v) is 4.99. The minimum absolute atomic E-state index is 0.595. The van der Waals surface area contributed by atoms with E-state index in [0.29, 0.717) is 5.92 Å². The molecule has 0 unspecified atom stereocenters. The second-order valence-electron chi connectivity index (χ2n) is 4.99. The molecule has 0 atom stereocenters. The predicted molar refractivity (Wildman–Crippen MR) is 74.9 cm³/mol. The van der Waals surface area contributed by atoms with Crippen molar-refractivity contribution in [1.29, 1.82) is 0 Å². The van der Waals surface area contributed by atoms with E-state index in [9.17, 15) is 0 Å². The average Bonchev–Trinajstić information content (AvgIpc) is 2.25. The summed E-state index contributed by atoms with van der Waals surface area (Å²) in [7, 11) is 4.15. The molecule has 0 aliphatic carbocycles. The van der Waals surface area contributed by atoms with E-state index in [4.69, 9.17) is 5.84 Å². The minimum atomic E-state index is 0.595. The molecule has 5 nitrogen and oxygen atoms in total. The van der Waals surface area contributed by atoms with Crippen molar-refractivity contribution in [3.8, 4) is 0 Å². The summed E-state index contributed by atoms with van der Waals surface area (Å²) in [4.78, 5) is 8.87. The van der Waals surface area contributed by atoms with E-state index < -0.39 is 0 Å². The van der Waals surface area contributed by atoms with Crippen molar-refractivity contribution in [3.63, 3.8) is 0 Å². The first kappa shape index (κ1) is 16.2. The summed E-state index contributed by atoms with van der Waals surface area (Å²) in [6.45, 7) is 10.3. The molecule has 0 aliphatic heterocycles. The highest BCUT2D eigenvalue weighted by molar-refractivity contribution is 5.79. The molecule has 17 heavy (non-hydrogen) atoms. The van der Waals surface area contributed by atoms with Gasteiger partial charge in [0.15, 0.2) is 0 Å². The van der Waals surface area contributed by atoms with Crippen LogP contribution < -0.4 is 11.3 Å². The van der Waals surface area contributed by atoms with Gasteiger partial charge in [0.05, 0.1) is 0 Å². The molecule has 0 fully saturated rings. The van der Waals surface area contributed by atoms with Crippen LogP contribution in [0.5, 0.6) is 0 Å². The molecule has 0 aromatic carbocycles. The SMILES string of the molecule is CCCN=C(NN)N(CCN(C)C)CC(C)C. The molecule has 0 amide bonds. The van der Waals surface area contributed by atoms with Crippen LogP contribution in [0.4, 0.5) is 0 Å². The molecule has 3 N–H and O–H groups in total. The molecule has 0 bridgehead atoms. The fourth-order valence-electron chi connectivity index (χ4n) is 1.50. The summed E-state index contributed by atoms with van der Waals surface area (Å²) in [5.41, 5.74) is 2.72. The van der Waals surface area contributed by atoms with Crippen LogP contribution in [0, 0.1) is 5.92 Å². The zero-order valence-corrected chi connectivity index (χ0v) is 12.0. The Bertz CT molecular complexity index is 213. The number of aliphatic imine (C=N–C) groups is 1. The number of hydrogen-bond acceptors (Lipinski definition) is 3. The van der Waals surface area contributed by atoms with Crippen LogP contribution in [0.2, 0.25) is 0 Å². The van der Waals surface area contributed by atoms with E-state index in [0.717, 1.165) is 38.6 Å². The number of guanidine groups is 1. The first-order valence-corrected chi connectivity index (χ1v) is 6.42. The molecule has 0 aliphatic rings. The topological polar surface area (TPSA) is 56.9 Å². The molecule has 0 spiro atoms. The number of nitrogens with zero attached hydrogens (tertiary/aromatic N) is 3. The van der Waals surface area contributed by atoms with Gasteiger partial charge in [0.2, 0.25) is 5.96 Å². The predicted octanol–water partition coefficient (Wildman–Crippen LogP) is 0.735. The van der Waals surface area contributed by atoms with Crippen molar-refractivity contribution in [2.75, 3.05) is 40.3 Å². The van der Waals surface area contributed by atoms with Gasteiger partial charge in [-0.2, -0.15) is 0 Å². The van der Waals surface area contributed by atoms with Crippen molar-refractivity contribution in [2.45, 2.75) is 27.2 Å². The Balaban J connectivity index is 4.50. The van der Waals surface area contributed by atoms with Crippen LogP contribution in [0.1, 0.15) is 27.2 Å². The third-order valence-corrected chi connectivity index (χ3v) is 2.32. The van der Waals surface area contributed by atoms with Gasteiger partial charge in [0.25, 0.3) is 0 Å². The third-order valence-electron chi connectivity index (χ3n) is 2.32. The van der Waals surface area contributed by atoms with Gasteiger partial charge in [-0.05, 0) is 26.4 Å². The van der Waals surface area contributed by atoms with E-state index in [2.05, 4.69) is 55.1 Å². The quantitative estimate of drug-likeness (QED) is 0.300. The van der Waals surface area contributed by atoms with Crippen LogP contribution >= 0.6 is 0 Å². The maximum absolute atomic E-state index is 5.56. The van der Waals surface area contributed by atoms with E-state index in [1.807, 2.05) is 0 Å². The van der Waals surface area contributed by atoms with Gasteiger partial charge in [0.1, 0.15) is 0 Å². The van der Waals surface area contributed by atoms with Crippen molar-refractivity contribution in [2.24, 2.45) is 16.8 Å². The largest absolute Gasteiger partial charge is 0.340 e. The summed E-state index contributed by atoms with van der Waals surface area (Å²) >= 11 is 0. The lowest BCUT2D eigenvalue weighted by molar-refractivity contribution is 0.300. The number of hydrogen-bond donors (Lipinski definition) is 2. The number of hydrazine groups is 1. The Morgan fingerprint density at radius 1 is 1.29 bits per heavy atom. The standard InChI is InChI=1S/C12H29N5/c1-6-7-14-12(15-13)17(10-11(2)3)9-8-16(4)5/h11H,6-10,13H2,1-5H3,(H,14,15). The van der Waals surface area contributed by atoms with Crippen LogP contribution in [0.25, 0.3) is 0 Å². The zero-order chi connectivity index (χ0) is 13.3. The lowest BCUT2D eigenvalue weighted by atomic mass is 10.2. The number of nitrogens with one attached hydrogen (secondary N) is 1. The maximum Gasteiger partial charge on any atom is 0.208 e. The van der Waals surface area contributed by atoms with E-state index in [1.165, 1.54) is 0 Å². The van der Waals surface area contributed by atoms with Crippen LogP contribution in [-0.4, -0.2) is 56.0 Å². The molecule has 0 radical (unpaired) electrons. The molecule has 0 aromatic heterocycles. The van der Waals surface area contributed by atoms with Crippen molar-refractivity contribution >= 4 is 5.96 Å². The highest BCUT2D eigenvalue weighted by Crippen LogP contribution is 2.00. The summed E-state index contributed by atoms with van der Waals surface area (Å²) < 4.78 is 0. The monoisotopic (exact) mass is 243 g/mol. The zero-order valence-electron chi connectivity index (χ0n) is 12.0. The number of rotatable bonds is 7. The molecular weight excluding hydrogens is 214 g/mol. The molecule has 0 heterocycles. The molecular formula is C12H29N5. The van der Waals surface area contributed by atoms with Crippen LogP contribution in [0.3, 0.4) is 0 Å². The molecule has 0 rings (SSSR count). The van der Waals surface area contributed by atoms with E-state index in [1.54, 1.807) is 0 Å². The first-order valence-electron chi connectivity index (χ1n) is 6.42. The van der Waals surface area contributed by atoms with Gasteiger partial charge in [-0.15, -0.1) is 0 Å². The molecule has 5 heteroatoms. The van der Waals surface area contributed by atoms with Gasteiger partial charge in [-0.3, -0.25) is 10.4 Å². The minimum Gasteiger partial charge on any atom is -0.340 e. The lowest BCUT2D eigenvalue weighted by Crippen LogP contribution is -2.48. The Kier molecular flexibility index (Phi) is 8.80. The lowest BCUT2D eigenvalue weighted by Gasteiger charge is -2.28. The van der Waals surface area contributed by atoms with Crippen molar-refractivity contribution in [1.82, 2.24) is 15.2 Å².